The van der Waals surface area contributed by atoms with Crippen molar-refractivity contribution < 1.29 is 4.79 Å². The predicted molar refractivity (Wildman–Crippen MR) is 80.9 cm³/mol. The summed E-state index contributed by atoms with van der Waals surface area (Å²) in [6.45, 7) is 5.42. The minimum Gasteiger partial charge on any atom is -0.345 e. The summed E-state index contributed by atoms with van der Waals surface area (Å²) >= 11 is 1.62. The fourth-order valence-electron chi connectivity index (χ4n) is 3.14. The highest BCUT2D eigenvalue weighted by Crippen LogP contribution is 2.27. The number of amides is 2. The number of aromatic nitrogens is 3. The van der Waals surface area contributed by atoms with Gasteiger partial charge in [-0.2, -0.15) is 0 Å². The Kier molecular flexibility index (Phi) is 2.99. The van der Waals surface area contributed by atoms with E-state index in [0.29, 0.717) is 6.04 Å². The van der Waals surface area contributed by atoms with Gasteiger partial charge in [0, 0.05) is 26.2 Å². The Bertz CT molecular complexity index is 648. The molecule has 7 nitrogen and oxygen atoms in total. The van der Waals surface area contributed by atoms with Crippen LogP contribution in [0.3, 0.4) is 0 Å². The van der Waals surface area contributed by atoms with Crippen molar-refractivity contribution in [1.29, 1.82) is 0 Å². The molecule has 2 amide bonds. The Morgan fingerprint density at radius 3 is 3.10 bits per heavy atom. The number of nitrogens with one attached hydrogen (secondary N) is 1. The van der Waals surface area contributed by atoms with Crippen LogP contribution < -0.4 is 10.2 Å². The lowest BCUT2D eigenvalue weighted by Crippen LogP contribution is -2.49. The number of piperidine rings is 1. The number of imidazole rings is 1. The van der Waals surface area contributed by atoms with E-state index in [9.17, 15) is 4.79 Å². The Labute approximate surface area is 126 Å². The highest BCUT2D eigenvalue weighted by Gasteiger charge is 2.32. The molecule has 112 valence electrons. The molecule has 1 unspecified atom stereocenters. The van der Waals surface area contributed by atoms with Gasteiger partial charge < -0.3 is 15.1 Å². The zero-order valence-electron chi connectivity index (χ0n) is 11.9. The summed E-state index contributed by atoms with van der Waals surface area (Å²) in [4.78, 5) is 21.5. The van der Waals surface area contributed by atoms with Gasteiger partial charge in [-0.1, -0.05) is 11.3 Å². The molecule has 0 aliphatic carbocycles. The molecular formula is C13H18N6OS. The van der Waals surface area contributed by atoms with Gasteiger partial charge in [-0.05, 0) is 19.8 Å². The largest absolute Gasteiger partial charge is 0.345 e. The summed E-state index contributed by atoms with van der Waals surface area (Å²) in [6.07, 6.45) is 4.12. The molecule has 0 aromatic carbocycles. The molecule has 0 radical (unpaired) electrons. The van der Waals surface area contributed by atoms with Gasteiger partial charge in [0.1, 0.15) is 0 Å². The number of anilines is 1. The molecule has 0 saturated carbocycles. The Hall–Kier alpha value is -1.83. The van der Waals surface area contributed by atoms with Crippen molar-refractivity contribution in [3.8, 4) is 0 Å². The van der Waals surface area contributed by atoms with Gasteiger partial charge in [0.15, 0.2) is 0 Å². The van der Waals surface area contributed by atoms with E-state index in [1.54, 1.807) is 11.3 Å². The maximum absolute atomic E-state index is 11.8. The maximum Gasteiger partial charge on any atom is 0.317 e. The molecule has 4 heterocycles. The second kappa shape index (κ2) is 4.87. The van der Waals surface area contributed by atoms with Crippen molar-refractivity contribution in [1.82, 2.24) is 24.8 Å². The van der Waals surface area contributed by atoms with Crippen LogP contribution in [0.15, 0.2) is 6.20 Å². The quantitative estimate of drug-likeness (QED) is 0.902. The summed E-state index contributed by atoms with van der Waals surface area (Å²) < 4.78 is 1.85. The van der Waals surface area contributed by atoms with Crippen molar-refractivity contribution in [2.24, 2.45) is 0 Å². The van der Waals surface area contributed by atoms with Crippen molar-refractivity contribution >= 4 is 27.5 Å². The lowest BCUT2D eigenvalue weighted by molar-refractivity contribution is 0.189. The van der Waals surface area contributed by atoms with Gasteiger partial charge in [-0.3, -0.25) is 0 Å². The lowest BCUT2D eigenvalue weighted by Gasteiger charge is -2.36. The van der Waals surface area contributed by atoms with Crippen molar-refractivity contribution in [2.75, 3.05) is 31.1 Å². The zero-order chi connectivity index (χ0) is 14.4. The fourth-order valence-corrected chi connectivity index (χ4v) is 4.11. The number of carbonyl (C=O) groups is 1. The van der Waals surface area contributed by atoms with E-state index in [1.165, 1.54) is 0 Å². The fraction of sp³-hybridized carbons (Fsp3) is 0.615. The third-order valence-corrected chi connectivity index (χ3v) is 5.13. The molecule has 2 aromatic rings. The van der Waals surface area contributed by atoms with Crippen LogP contribution in [-0.4, -0.2) is 57.7 Å². The number of rotatable bonds is 2. The normalized spacial score (nSPS) is 23.1. The Balaban J connectivity index is 1.54. The molecule has 2 aliphatic heterocycles. The van der Waals surface area contributed by atoms with E-state index in [-0.39, 0.29) is 6.03 Å². The van der Waals surface area contributed by atoms with Gasteiger partial charge in [0.05, 0.1) is 17.9 Å². The monoisotopic (exact) mass is 306 g/mol. The lowest BCUT2D eigenvalue weighted by atomic mass is 10.1. The van der Waals surface area contributed by atoms with Crippen molar-refractivity contribution in [3.05, 3.63) is 11.9 Å². The van der Waals surface area contributed by atoms with Crippen molar-refractivity contribution in [3.63, 3.8) is 0 Å². The zero-order valence-corrected chi connectivity index (χ0v) is 12.8. The summed E-state index contributed by atoms with van der Waals surface area (Å²) in [5.41, 5.74) is 0.991. The van der Waals surface area contributed by atoms with E-state index >= 15 is 0 Å². The van der Waals surface area contributed by atoms with Crippen LogP contribution in [0.5, 0.6) is 0 Å². The molecule has 2 fully saturated rings. The van der Waals surface area contributed by atoms with Gasteiger partial charge in [0.2, 0.25) is 10.1 Å². The van der Waals surface area contributed by atoms with Crippen LogP contribution >= 0.6 is 11.3 Å². The molecule has 4 rings (SSSR count). The molecular weight excluding hydrogens is 288 g/mol. The first kappa shape index (κ1) is 12.9. The van der Waals surface area contributed by atoms with Crippen LogP contribution in [0, 0.1) is 6.92 Å². The van der Waals surface area contributed by atoms with Crippen molar-refractivity contribution in [2.45, 2.75) is 25.8 Å². The molecule has 1 N–H and O–H groups in total. The van der Waals surface area contributed by atoms with Crippen LogP contribution in [0.2, 0.25) is 0 Å². The molecule has 1 atom stereocenters. The van der Waals surface area contributed by atoms with Gasteiger partial charge in [0.25, 0.3) is 0 Å². The number of urea groups is 1. The first-order valence-corrected chi connectivity index (χ1v) is 8.14. The number of aryl methyl sites for hydroxylation is 1. The maximum atomic E-state index is 11.8. The second-order valence-corrected chi connectivity index (χ2v) is 6.60. The molecule has 0 bridgehead atoms. The summed E-state index contributed by atoms with van der Waals surface area (Å²) in [5.74, 6) is 0. The third-order valence-electron chi connectivity index (χ3n) is 4.15. The van der Waals surface area contributed by atoms with Gasteiger partial charge >= 0.3 is 6.03 Å². The number of hydrogen-bond donors (Lipinski definition) is 1. The molecule has 21 heavy (non-hydrogen) atoms. The molecule has 0 spiro atoms. The SMILES string of the molecule is Cc1cn2nc(N3CCCC(N4CCNC4=O)C3)sc2n1. The standard InChI is InChI=1S/C13H18N6OS/c1-9-7-19-12(15-9)21-13(16-19)17-5-2-3-10(8-17)18-6-4-14-11(18)20/h7,10H,2-6,8H2,1H3,(H,14,20). The molecule has 8 heteroatoms. The van der Waals surface area contributed by atoms with Gasteiger partial charge in [-0.15, -0.1) is 5.10 Å². The number of nitrogens with zero attached hydrogens (tertiary/aromatic N) is 5. The average molecular weight is 306 g/mol. The van der Waals surface area contributed by atoms with E-state index in [4.69, 9.17) is 0 Å². The summed E-state index contributed by atoms with van der Waals surface area (Å²) in [7, 11) is 0. The van der Waals surface area contributed by atoms with Crippen LogP contribution in [-0.2, 0) is 0 Å². The molecule has 2 saturated heterocycles. The number of fused-ring (bicyclic) bond motifs is 1. The predicted octanol–water partition coefficient (Wildman–Crippen LogP) is 1.09. The second-order valence-electron chi connectivity index (χ2n) is 5.66. The van der Waals surface area contributed by atoms with Gasteiger partial charge in [-0.25, -0.2) is 14.3 Å². The molecule has 2 aromatic heterocycles. The minimum atomic E-state index is 0.0754. The smallest absolute Gasteiger partial charge is 0.317 e. The van der Waals surface area contributed by atoms with Crippen LogP contribution in [0.1, 0.15) is 18.5 Å². The Morgan fingerprint density at radius 1 is 1.43 bits per heavy atom. The highest BCUT2D eigenvalue weighted by molar-refractivity contribution is 7.20. The summed E-state index contributed by atoms with van der Waals surface area (Å²) in [6, 6.07) is 0.366. The first-order chi connectivity index (χ1) is 10.2. The first-order valence-electron chi connectivity index (χ1n) is 7.33. The Morgan fingerprint density at radius 2 is 2.33 bits per heavy atom. The average Bonchev–Trinajstić information content (AvgIpc) is 3.13. The minimum absolute atomic E-state index is 0.0754. The summed E-state index contributed by atoms with van der Waals surface area (Å²) in [5, 5.41) is 8.50. The van der Waals surface area contributed by atoms with E-state index in [1.807, 2.05) is 22.5 Å². The topological polar surface area (TPSA) is 65.8 Å². The van der Waals surface area contributed by atoms with Crippen LogP contribution in [0.25, 0.3) is 4.96 Å². The highest BCUT2D eigenvalue weighted by atomic mass is 32.1. The van der Waals surface area contributed by atoms with E-state index < -0.39 is 0 Å². The van der Waals surface area contributed by atoms with E-state index in [0.717, 1.165) is 54.8 Å². The molecule has 2 aliphatic rings. The van der Waals surface area contributed by atoms with Crippen LogP contribution in [0.4, 0.5) is 9.93 Å². The van der Waals surface area contributed by atoms with E-state index in [2.05, 4.69) is 20.3 Å². The number of carbonyl (C=O) groups excluding carboxylic acids is 1. The third kappa shape index (κ3) is 2.23. The number of hydrogen-bond acceptors (Lipinski definition) is 5.